The number of hydrogen-bond acceptors (Lipinski definition) is 5. The SMILES string of the molecule is CC(C)c1ccc(-c2cnc3nonc3n2)cc1. The molecular formula is C13H12N4O. The lowest BCUT2D eigenvalue weighted by atomic mass is 10.0. The van der Waals surface area contributed by atoms with Crippen LogP contribution >= 0.6 is 0 Å². The molecule has 2 heterocycles. The minimum Gasteiger partial charge on any atom is -0.240 e. The van der Waals surface area contributed by atoms with E-state index in [1.165, 1.54) is 5.56 Å². The molecule has 0 N–H and O–H groups in total. The Morgan fingerprint density at radius 1 is 1.00 bits per heavy atom. The number of hydrogen-bond donors (Lipinski definition) is 0. The van der Waals surface area contributed by atoms with E-state index in [2.05, 4.69) is 50.9 Å². The van der Waals surface area contributed by atoms with Crippen LogP contribution in [0, 0.1) is 0 Å². The van der Waals surface area contributed by atoms with Crippen LogP contribution in [0.25, 0.3) is 22.6 Å². The molecule has 1 aromatic carbocycles. The molecule has 0 saturated heterocycles. The predicted octanol–water partition coefficient (Wildman–Crippen LogP) is 2.80. The Morgan fingerprint density at radius 2 is 1.72 bits per heavy atom. The van der Waals surface area contributed by atoms with E-state index in [0.717, 1.165) is 11.3 Å². The maximum Gasteiger partial charge on any atom is 0.243 e. The van der Waals surface area contributed by atoms with Gasteiger partial charge in [0.15, 0.2) is 0 Å². The van der Waals surface area contributed by atoms with Gasteiger partial charge in [-0.15, -0.1) is 0 Å². The van der Waals surface area contributed by atoms with Gasteiger partial charge in [-0.1, -0.05) is 38.1 Å². The molecule has 5 heteroatoms. The fourth-order valence-corrected chi connectivity index (χ4v) is 1.77. The largest absolute Gasteiger partial charge is 0.243 e. The minimum absolute atomic E-state index is 0.428. The van der Waals surface area contributed by atoms with Crippen molar-refractivity contribution in [2.45, 2.75) is 19.8 Å². The van der Waals surface area contributed by atoms with Crippen molar-refractivity contribution >= 4 is 11.3 Å². The Labute approximate surface area is 104 Å². The van der Waals surface area contributed by atoms with Crippen LogP contribution in [0.5, 0.6) is 0 Å². The average molecular weight is 240 g/mol. The number of benzene rings is 1. The molecule has 0 amide bonds. The lowest BCUT2D eigenvalue weighted by molar-refractivity contribution is 0.314. The highest BCUT2D eigenvalue weighted by atomic mass is 16.6. The minimum atomic E-state index is 0.428. The first kappa shape index (κ1) is 10.8. The quantitative estimate of drug-likeness (QED) is 0.689. The fourth-order valence-electron chi connectivity index (χ4n) is 1.77. The van der Waals surface area contributed by atoms with Crippen molar-refractivity contribution in [3.63, 3.8) is 0 Å². The summed E-state index contributed by atoms with van der Waals surface area (Å²) in [5.74, 6) is 0.521. The van der Waals surface area contributed by atoms with Crippen molar-refractivity contribution in [1.29, 1.82) is 0 Å². The second kappa shape index (κ2) is 4.18. The zero-order valence-corrected chi connectivity index (χ0v) is 10.2. The summed E-state index contributed by atoms with van der Waals surface area (Å²) in [6.45, 7) is 4.34. The van der Waals surface area contributed by atoms with Crippen molar-refractivity contribution < 1.29 is 4.63 Å². The van der Waals surface area contributed by atoms with Gasteiger partial charge in [0, 0.05) is 5.56 Å². The van der Waals surface area contributed by atoms with E-state index in [1.807, 2.05) is 12.1 Å². The van der Waals surface area contributed by atoms with E-state index in [-0.39, 0.29) is 0 Å². The van der Waals surface area contributed by atoms with Crippen molar-refractivity contribution in [3.05, 3.63) is 36.0 Å². The molecule has 0 saturated carbocycles. The van der Waals surface area contributed by atoms with E-state index in [1.54, 1.807) is 6.20 Å². The zero-order valence-electron chi connectivity index (χ0n) is 10.2. The Bertz CT molecular complexity index is 673. The highest BCUT2D eigenvalue weighted by Crippen LogP contribution is 2.21. The molecule has 0 radical (unpaired) electrons. The van der Waals surface area contributed by atoms with Crippen molar-refractivity contribution in [1.82, 2.24) is 20.3 Å². The Balaban J connectivity index is 2.02. The van der Waals surface area contributed by atoms with E-state index >= 15 is 0 Å². The Hall–Kier alpha value is -2.30. The third kappa shape index (κ3) is 1.84. The van der Waals surface area contributed by atoms with Crippen LogP contribution in [0.2, 0.25) is 0 Å². The summed E-state index contributed by atoms with van der Waals surface area (Å²) in [6, 6.07) is 8.29. The summed E-state index contributed by atoms with van der Waals surface area (Å²) < 4.78 is 4.58. The topological polar surface area (TPSA) is 64.7 Å². The Kier molecular flexibility index (Phi) is 2.51. The molecule has 5 nitrogen and oxygen atoms in total. The van der Waals surface area contributed by atoms with Gasteiger partial charge in [-0.3, -0.25) is 0 Å². The average Bonchev–Trinajstić information content (AvgIpc) is 2.86. The van der Waals surface area contributed by atoms with Gasteiger partial charge in [0.25, 0.3) is 0 Å². The highest BCUT2D eigenvalue weighted by molar-refractivity contribution is 5.68. The number of nitrogens with zero attached hydrogens (tertiary/aromatic N) is 4. The molecule has 90 valence electrons. The number of rotatable bonds is 2. The lowest BCUT2D eigenvalue weighted by Crippen LogP contribution is -1.90. The van der Waals surface area contributed by atoms with Crippen LogP contribution in [0.15, 0.2) is 35.1 Å². The monoisotopic (exact) mass is 240 g/mol. The standard InChI is InChI=1S/C13H12N4O/c1-8(2)9-3-5-10(6-4-9)11-7-14-12-13(15-11)17-18-16-12/h3-8H,1-2H3. The molecule has 0 aliphatic carbocycles. The van der Waals surface area contributed by atoms with Crippen molar-refractivity contribution in [3.8, 4) is 11.3 Å². The van der Waals surface area contributed by atoms with E-state index in [0.29, 0.717) is 17.2 Å². The van der Waals surface area contributed by atoms with Crippen LogP contribution in [-0.4, -0.2) is 20.3 Å². The van der Waals surface area contributed by atoms with Crippen LogP contribution < -0.4 is 0 Å². The second-order valence-corrected chi connectivity index (χ2v) is 4.44. The van der Waals surface area contributed by atoms with Gasteiger partial charge in [-0.25, -0.2) is 14.6 Å². The van der Waals surface area contributed by atoms with E-state index in [9.17, 15) is 0 Å². The van der Waals surface area contributed by atoms with Crippen molar-refractivity contribution in [2.24, 2.45) is 0 Å². The van der Waals surface area contributed by atoms with Gasteiger partial charge < -0.3 is 0 Å². The molecule has 2 aromatic heterocycles. The van der Waals surface area contributed by atoms with Gasteiger partial charge in [-0.05, 0) is 21.8 Å². The molecule has 0 atom stereocenters. The summed E-state index contributed by atoms with van der Waals surface area (Å²) in [6.07, 6.45) is 1.68. The van der Waals surface area contributed by atoms with Gasteiger partial charge in [0.2, 0.25) is 11.3 Å². The third-order valence-electron chi connectivity index (χ3n) is 2.86. The fraction of sp³-hybridized carbons (Fsp3) is 0.231. The van der Waals surface area contributed by atoms with E-state index in [4.69, 9.17) is 0 Å². The first-order chi connectivity index (χ1) is 8.74. The predicted molar refractivity (Wildman–Crippen MR) is 66.9 cm³/mol. The molecule has 18 heavy (non-hydrogen) atoms. The number of fused-ring (bicyclic) bond motifs is 1. The van der Waals surface area contributed by atoms with Crippen molar-refractivity contribution in [2.75, 3.05) is 0 Å². The maximum absolute atomic E-state index is 4.58. The van der Waals surface area contributed by atoms with Crippen LogP contribution in [-0.2, 0) is 0 Å². The lowest BCUT2D eigenvalue weighted by Gasteiger charge is -2.06. The molecule has 0 unspecified atom stereocenters. The zero-order chi connectivity index (χ0) is 12.5. The summed E-state index contributed by atoms with van der Waals surface area (Å²) in [5.41, 5.74) is 3.94. The molecule has 0 aliphatic rings. The second-order valence-electron chi connectivity index (χ2n) is 4.44. The maximum atomic E-state index is 4.58. The molecule has 3 rings (SSSR count). The summed E-state index contributed by atoms with van der Waals surface area (Å²) >= 11 is 0. The highest BCUT2D eigenvalue weighted by Gasteiger charge is 2.07. The van der Waals surface area contributed by atoms with Crippen LogP contribution in [0.1, 0.15) is 25.3 Å². The molecule has 0 fully saturated rings. The molecule has 0 aliphatic heterocycles. The molecule has 3 aromatic rings. The van der Waals surface area contributed by atoms with Gasteiger partial charge in [0.05, 0.1) is 11.9 Å². The summed E-state index contributed by atoms with van der Waals surface area (Å²) in [7, 11) is 0. The smallest absolute Gasteiger partial charge is 0.240 e. The Morgan fingerprint density at radius 3 is 2.44 bits per heavy atom. The van der Waals surface area contributed by atoms with Crippen LogP contribution in [0.3, 0.4) is 0 Å². The number of aromatic nitrogens is 4. The normalized spacial score (nSPS) is 11.3. The molecule has 0 bridgehead atoms. The van der Waals surface area contributed by atoms with Gasteiger partial charge in [-0.2, -0.15) is 0 Å². The van der Waals surface area contributed by atoms with E-state index < -0.39 is 0 Å². The summed E-state index contributed by atoms with van der Waals surface area (Å²) in [4.78, 5) is 8.50. The summed E-state index contributed by atoms with van der Waals surface area (Å²) in [5, 5.41) is 7.32. The molecular weight excluding hydrogens is 228 g/mol. The molecule has 0 spiro atoms. The third-order valence-corrected chi connectivity index (χ3v) is 2.86. The first-order valence-corrected chi connectivity index (χ1v) is 5.79. The van der Waals surface area contributed by atoms with Gasteiger partial charge >= 0.3 is 0 Å². The van der Waals surface area contributed by atoms with Crippen LogP contribution in [0.4, 0.5) is 0 Å². The first-order valence-electron chi connectivity index (χ1n) is 5.79. The van der Waals surface area contributed by atoms with Gasteiger partial charge in [0.1, 0.15) is 0 Å².